The van der Waals surface area contributed by atoms with Crippen molar-refractivity contribution in [1.82, 2.24) is 4.72 Å². The smallest absolute Gasteiger partial charge is 0.212 e. The minimum atomic E-state index is -3.28. The lowest BCUT2D eigenvalue weighted by atomic mass is 10.1. The van der Waals surface area contributed by atoms with Gasteiger partial charge in [-0.25, -0.2) is 13.1 Å². The van der Waals surface area contributed by atoms with Crippen LogP contribution in [0, 0.1) is 17.8 Å². The Morgan fingerprint density at radius 2 is 2.00 bits per heavy atom. The van der Waals surface area contributed by atoms with E-state index in [4.69, 9.17) is 5.11 Å². The van der Waals surface area contributed by atoms with Gasteiger partial charge in [-0.3, -0.25) is 0 Å². The zero-order valence-electron chi connectivity index (χ0n) is 12.1. The van der Waals surface area contributed by atoms with Crippen molar-refractivity contribution in [1.29, 1.82) is 0 Å². The zero-order valence-corrected chi connectivity index (χ0v) is 12.9. The molecule has 0 aliphatic rings. The standard InChI is InChI=1S/C15H21NO3S/c1-12(2)11-20(18,19)16-13(3)15-8-4-6-14(10-15)7-5-9-17/h4,6,8,10,12-13,16-17H,9,11H2,1-3H3. The first-order chi connectivity index (χ1) is 9.34. The summed E-state index contributed by atoms with van der Waals surface area (Å²) in [6.07, 6.45) is 0. The van der Waals surface area contributed by atoms with E-state index >= 15 is 0 Å². The van der Waals surface area contributed by atoms with Crippen LogP contribution < -0.4 is 4.72 Å². The molecule has 0 bridgehead atoms. The molecule has 0 spiro atoms. The van der Waals surface area contributed by atoms with E-state index < -0.39 is 10.0 Å². The first kappa shape index (κ1) is 16.7. The van der Waals surface area contributed by atoms with Crippen LogP contribution >= 0.6 is 0 Å². The first-order valence-electron chi connectivity index (χ1n) is 6.53. The highest BCUT2D eigenvalue weighted by molar-refractivity contribution is 7.89. The molecule has 0 aromatic heterocycles. The van der Waals surface area contributed by atoms with Crippen molar-refractivity contribution in [2.24, 2.45) is 5.92 Å². The molecule has 4 nitrogen and oxygen atoms in total. The number of rotatable bonds is 5. The second-order valence-corrected chi connectivity index (χ2v) is 6.90. The molecule has 0 heterocycles. The predicted molar refractivity (Wildman–Crippen MR) is 80.6 cm³/mol. The molecule has 0 radical (unpaired) electrons. The van der Waals surface area contributed by atoms with Crippen molar-refractivity contribution < 1.29 is 13.5 Å². The van der Waals surface area contributed by atoms with Gasteiger partial charge in [0.05, 0.1) is 5.75 Å². The van der Waals surface area contributed by atoms with Gasteiger partial charge in [-0.1, -0.05) is 37.8 Å². The SMILES string of the molecule is CC(C)CS(=O)(=O)NC(C)c1cccc(C#CCO)c1. The predicted octanol–water partition coefficient (Wildman–Crippen LogP) is 1.67. The molecule has 1 rings (SSSR count). The van der Waals surface area contributed by atoms with E-state index in [0.29, 0.717) is 0 Å². The Bertz CT molecular complexity index is 597. The van der Waals surface area contributed by atoms with E-state index in [1.807, 2.05) is 38.1 Å². The van der Waals surface area contributed by atoms with Crippen molar-refractivity contribution in [3.05, 3.63) is 35.4 Å². The second kappa shape index (κ2) is 7.44. The van der Waals surface area contributed by atoms with Gasteiger partial charge >= 0.3 is 0 Å². The molecule has 1 atom stereocenters. The van der Waals surface area contributed by atoms with Crippen LogP contribution in [-0.4, -0.2) is 25.9 Å². The molecule has 1 aromatic rings. The molecular weight excluding hydrogens is 274 g/mol. The fourth-order valence-corrected chi connectivity index (χ4v) is 3.50. The van der Waals surface area contributed by atoms with Crippen LogP contribution in [0.2, 0.25) is 0 Å². The zero-order chi connectivity index (χ0) is 15.2. The minimum Gasteiger partial charge on any atom is -0.384 e. The monoisotopic (exact) mass is 295 g/mol. The third-order valence-corrected chi connectivity index (χ3v) is 4.43. The lowest BCUT2D eigenvalue weighted by molar-refractivity contribution is 0.350. The summed E-state index contributed by atoms with van der Waals surface area (Å²) >= 11 is 0. The average Bonchev–Trinajstić information content (AvgIpc) is 2.34. The maximum absolute atomic E-state index is 11.9. The van der Waals surface area contributed by atoms with Gasteiger partial charge in [0, 0.05) is 11.6 Å². The third kappa shape index (κ3) is 5.74. The van der Waals surface area contributed by atoms with E-state index in [9.17, 15) is 8.42 Å². The van der Waals surface area contributed by atoms with Gasteiger partial charge in [0.2, 0.25) is 10.0 Å². The Labute approximate surface area is 121 Å². The molecule has 0 fully saturated rings. The summed E-state index contributed by atoms with van der Waals surface area (Å²) in [5.74, 6) is 5.58. The van der Waals surface area contributed by atoms with Crippen molar-refractivity contribution in [2.45, 2.75) is 26.8 Å². The van der Waals surface area contributed by atoms with Gasteiger partial charge in [-0.2, -0.15) is 0 Å². The first-order valence-corrected chi connectivity index (χ1v) is 8.19. The minimum absolute atomic E-state index is 0.0847. The molecule has 0 saturated carbocycles. The number of benzene rings is 1. The molecule has 0 aliphatic carbocycles. The van der Waals surface area contributed by atoms with E-state index in [2.05, 4.69) is 16.6 Å². The summed E-state index contributed by atoms with van der Waals surface area (Å²) < 4.78 is 26.5. The highest BCUT2D eigenvalue weighted by Gasteiger charge is 2.17. The summed E-state index contributed by atoms with van der Waals surface area (Å²) in [6.45, 7) is 5.35. The number of aliphatic hydroxyl groups excluding tert-OH is 1. The van der Waals surface area contributed by atoms with E-state index in [-0.39, 0.29) is 24.3 Å². The molecule has 20 heavy (non-hydrogen) atoms. The summed E-state index contributed by atoms with van der Waals surface area (Å²) in [4.78, 5) is 0. The molecule has 1 aromatic carbocycles. The topological polar surface area (TPSA) is 66.4 Å². The van der Waals surface area contributed by atoms with Gasteiger partial charge in [-0.15, -0.1) is 0 Å². The fourth-order valence-electron chi connectivity index (χ4n) is 1.85. The van der Waals surface area contributed by atoms with Gasteiger partial charge < -0.3 is 5.11 Å². The Kier molecular flexibility index (Phi) is 6.21. The molecule has 0 saturated heterocycles. The van der Waals surface area contributed by atoms with Crippen LogP contribution in [0.4, 0.5) is 0 Å². The summed E-state index contributed by atoms with van der Waals surface area (Å²) in [5, 5.41) is 8.68. The van der Waals surface area contributed by atoms with Gasteiger partial charge in [0.15, 0.2) is 0 Å². The van der Waals surface area contributed by atoms with Crippen LogP contribution in [0.25, 0.3) is 0 Å². The lowest BCUT2D eigenvalue weighted by Crippen LogP contribution is -2.30. The summed E-state index contributed by atoms with van der Waals surface area (Å²) in [6, 6.07) is 7.01. The van der Waals surface area contributed by atoms with E-state index in [1.54, 1.807) is 6.92 Å². The van der Waals surface area contributed by atoms with Crippen molar-refractivity contribution in [2.75, 3.05) is 12.4 Å². The van der Waals surface area contributed by atoms with Crippen LogP contribution in [0.15, 0.2) is 24.3 Å². The molecule has 110 valence electrons. The van der Waals surface area contributed by atoms with Gasteiger partial charge in [0.1, 0.15) is 6.61 Å². The number of nitrogens with one attached hydrogen (secondary N) is 1. The molecule has 1 unspecified atom stereocenters. The second-order valence-electron chi connectivity index (χ2n) is 5.10. The maximum atomic E-state index is 11.9. The molecule has 0 amide bonds. The van der Waals surface area contributed by atoms with Crippen LogP contribution in [0.5, 0.6) is 0 Å². The Balaban J connectivity index is 2.85. The van der Waals surface area contributed by atoms with E-state index in [0.717, 1.165) is 11.1 Å². The Morgan fingerprint density at radius 3 is 2.60 bits per heavy atom. The van der Waals surface area contributed by atoms with Gasteiger partial charge in [0.25, 0.3) is 0 Å². The summed E-state index contributed by atoms with van der Waals surface area (Å²) in [5.41, 5.74) is 1.61. The maximum Gasteiger partial charge on any atom is 0.212 e. The summed E-state index contributed by atoms with van der Waals surface area (Å²) in [7, 11) is -3.28. The largest absolute Gasteiger partial charge is 0.384 e. The quantitative estimate of drug-likeness (QED) is 0.812. The van der Waals surface area contributed by atoms with Gasteiger partial charge in [-0.05, 0) is 30.5 Å². The van der Waals surface area contributed by atoms with Crippen molar-refractivity contribution in [3.63, 3.8) is 0 Å². The number of hydrogen-bond donors (Lipinski definition) is 2. The fraction of sp³-hybridized carbons (Fsp3) is 0.467. The number of sulfonamides is 1. The molecular formula is C15H21NO3S. The third-order valence-electron chi connectivity index (χ3n) is 2.61. The number of aliphatic hydroxyl groups is 1. The molecule has 5 heteroatoms. The Hall–Kier alpha value is -1.35. The highest BCUT2D eigenvalue weighted by Crippen LogP contribution is 2.15. The highest BCUT2D eigenvalue weighted by atomic mass is 32.2. The number of hydrogen-bond acceptors (Lipinski definition) is 3. The van der Waals surface area contributed by atoms with Crippen molar-refractivity contribution >= 4 is 10.0 Å². The normalized spacial score (nSPS) is 12.8. The average molecular weight is 295 g/mol. The molecule has 0 aliphatic heterocycles. The van der Waals surface area contributed by atoms with Crippen LogP contribution in [0.1, 0.15) is 37.9 Å². The van der Waals surface area contributed by atoms with E-state index in [1.165, 1.54) is 0 Å². The Morgan fingerprint density at radius 1 is 1.30 bits per heavy atom. The van der Waals surface area contributed by atoms with Crippen LogP contribution in [-0.2, 0) is 10.0 Å². The van der Waals surface area contributed by atoms with Crippen LogP contribution in [0.3, 0.4) is 0 Å². The molecule has 2 N–H and O–H groups in total. The van der Waals surface area contributed by atoms with Crippen molar-refractivity contribution in [3.8, 4) is 11.8 Å². The lowest BCUT2D eigenvalue weighted by Gasteiger charge is -2.16.